The number of halogens is 1. The van der Waals surface area contributed by atoms with Gasteiger partial charge in [0.2, 0.25) is 0 Å². The van der Waals surface area contributed by atoms with E-state index in [9.17, 15) is 4.79 Å². The molecule has 2 rings (SSSR count). The molecule has 1 aromatic carbocycles. The van der Waals surface area contributed by atoms with Crippen molar-refractivity contribution in [3.05, 3.63) is 46.1 Å². The summed E-state index contributed by atoms with van der Waals surface area (Å²) in [6.07, 6.45) is 1.40. The predicted octanol–water partition coefficient (Wildman–Crippen LogP) is 1.90. The van der Waals surface area contributed by atoms with Crippen LogP contribution in [0.3, 0.4) is 0 Å². The molecule has 0 saturated heterocycles. The summed E-state index contributed by atoms with van der Waals surface area (Å²) in [5.41, 5.74) is 7.45. The predicted molar refractivity (Wildman–Crippen MR) is 71.2 cm³/mol. The van der Waals surface area contributed by atoms with Crippen molar-refractivity contribution in [2.75, 3.05) is 5.73 Å². The van der Waals surface area contributed by atoms with Gasteiger partial charge >= 0.3 is 5.97 Å². The Balaban J connectivity index is 2.17. The fraction of sp³-hybridized carbons (Fsp3) is 0.167. The van der Waals surface area contributed by atoms with Gasteiger partial charge in [-0.05, 0) is 17.7 Å². The van der Waals surface area contributed by atoms with E-state index in [1.54, 1.807) is 4.68 Å². The van der Waals surface area contributed by atoms with Gasteiger partial charge < -0.3 is 10.8 Å². The van der Waals surface area contributed by atoms with E-state index in [1.165, 1.54) is 6.20 Å². The molecule has 0 aliphatic heterocycles. The van der Waals surface area contributed by atoms with Crippen molar-refractivity contribution in [1.82, 2.24) is 9.78 Å². The molecule has 1 heterocycles. The van der Waals surface area contributed by atoms with Gasteiger partial charge in [0.05, 0.1) is 19.2 Å². The average Bonchev–Trinajstić information content (AvgIpc) is 2.64. The van der Waals surface area contributed by atoms with Crippen LogP contribution in [-0.4, -0.2) is 20.9 Å². The molecule has 5 nitrogen and oxygen atoms in total. The van der Waals surface area contributed by atoms with Gasteiger partial charge in [-0.1, -0.05) is 28.1 Å². The Morgan fingerprint density at radius 2 is 2.06 bits per heavy atom. The number of nitrogens with zero attached hydrogens (tertiary/aromatic N) is 2. The Labute approximate surface area is 112 Å². The van der Waals surface area contributed by atoms with E-state index in [2.05, 4.69) is 21.0 Å². The second-order valence-corrected chi connectivity index (χ2v) is 4.83. The molecule has 0 amide bonds. The Kier molecular flexibility index (Phi) is 3.66. The van der Waals surface area contributed by atoms with Crippen LogP contribution in [0.25, 0.3) is 0 Å². The molecule has 18 heavy (non-hydrogen) atoms. The molecule has 0 saturated carbocycles. The number of rotatable bonds is 4. The quantitative estimate of drug-likeness (QED) is 0.904. The lowest BCUT2D eigenvalue weighted by atomic mass is 10.2. The second kappa shape index (κ2) is 5.22. The van der Waals surface area contributed by atoms with Crippen LogP contribution in [-0.2, 0) is 17.8 Å². The Hall–Kier alpha value is -1.82. The van der Waals surface area contributed by atoms with Gasteiger partial charge in [0, 0.05) is 10.0 Å². The van der Waals surface area contributed by atoms with Crippen LogP contribution in [0.15, 0.2) is 34.9 Å². The highest BCUT2D eigenvalue weighted by Crippen LogP contribution is 2.15. The summed E-state index contributed by atoms with van der Waals surface area (Å²) in [7, 11) is 0. The van der Waals surface area contributed by atoms with E-state index in [0.29, 0.717) is 17.9 Å². The molecule has 0 bridgehead atoms. The fourth-order valence-corrected chi connectivity index (χ4v) is 1.89. The number of carbonyl (C=O) groups is 1. The number of hydrogen-bond donors (Lipinski definition) is 2. The topological polar surface area (TPSA) is 81.1 Å². The van der Waals surface area contributed by atoms with Crippen LogP contribution in [0.2, 0.25) is 0 Å². The number of aliphatic carboxylic acids is 1. The number of aromatic nitrogens is 2. The SMILES string of the molecule is Nc1c(CC(=O)O)cnn1Cc1ccc(Br)cc1. The molecule has 0 unspecified atom stereocenters. The van der Waals surface area contributed by atoms with Crippen LogP contribution in [0.4, 0.5) is 5.82 Å². The van der Waals surface area contributed by atoms with Gasteiger partial charge in [0.15, 0.2) is 0 Å². The molecule has 0 aliphatic rings. The van der Waals surface area contributed by atoms with Crippen molar-refractivity contribution in [2.24, 2.45) is 0 Å². The Morgan fingerprint density at radius 1 is 1.39 bits per heavy atom. The van der Waals surface area contributed by atoms with Crippen molar-refractivity contribution in [3.8, 4) is 0 Å². The first-order chi connectivity index (χ1) is 8.56. The molecule has 0 fully saturated rings. The summed E-state index contributed by atoms with van der Waals surface area (Å²) < 4.78 is 2.60. The molecule has 94 valence electrons. The lowest BCUT2D eigenvalue weighted by molar-refractivity contribution is -0.136. The minimum Gasteiger partial charge on any atom is -0.481 e. The second-order valence-electron chi connectivity index (χ2n) is 3.91. The van der Waals surface area contributed by atoms with Crippen LogP contribution < -0.4 is 5.73 Å². The van der Waals surface area contributed by atoms with E-state index in [0.717, 1.165) is 10.0 Å². The molecule has 0 radical (unpaired) electrons. The van der Waals surface area contributed by atoms with Crippen LogP contribution in [0.1, 0.15) is 11.1 Å². The molecular formula is C12H12BrN3O2. The molecule has 6 heteroatoms. The Morgan fingerprint density at radius 3 is 2.67 bits per heavy atom. The molecule has 3 N–H and O–H groups in total. The highest BCUT2D eigenvalue weighted by Gasteiger charge is 2.10. The summed E-state index contributed by atoms with van der Waals surface area (Å²) in [6.45, 7) is 0.527. The van der Waals surface area contributed by atoms with E-state index in [1.807, 2.05) is 24.3 Å². The fourth-order valence-electron chi connectivity index (χ4n) is 1.62. The molecule has 1 aromatic heterocycles. The van der Waals surface area contributed by atoms with E-state index < -0.39 is 5.97 Å². The number of nitrogen functional groups attached to an aromatic ring is 1. The summed E-state index contributed by atoms with van der Waals surface area (Å²) >= 11 is 3.36. The summed E-state index contributed by atoms with van der Waals surface area (Å²) in [5.74, 6) is -0.509. The third-order valence-electron chi connectivity index (χ3n) is 2.55. The van der Waals surface area contributed by atoms with Crippen molar-refractivity contribution in [3.63, 3.8) is 0 Å². The van der Waals surface area contributed by atoms with Crippen molar-refractivity contribution >= 4 is 27.7 Å². The number of hydrogen-bond acceptors (Lipinski definition) is 3. The first kappa shape index (κ1) is 12.6. The van der Waals surface area contributed by atoms with Gasteiger partial charge in [0.1, 0.15) is 5.82 Å². The zero-order valence-corrected chi connectivity index (χ0v) is 11.1. The van der Waals surface area contributed by atoms with Crippen LogP contribution in [0.5, 0.6) is 0 Å². The number of benzene rings is 1. The standard InChI is InChI=1S/C12H12BrN3O2/c13-10-3-1-8(2-4-10)7-16-12(14)9(6-15-16)5-11(17)18/h1-4,6H,5,7,14H2,(H,17,18). The Bertz CT molecular complexity index is 563. The van der Waals surface area contributed by atoms with Gasteiger partial charge in [-0.25, -0.2) is 4.68 Å². The molecule has 0 spiro atoms. The maximum Gasteiger partial charge on any atom is 0.308 e. The highest BCUT2D eigenvalue weighted by molar-refractivity contribution is 9.10. The number of nitrogens with two attached hydrogens (primary N) is 1. The molecule has 0 atom stereocenters. The molecule has 2 aromatic rings. The van der Waals surface area contributed by atoms with E-state index in [4.69, 9.17) is 10.8 Å². The highest BCUT2D eigenvalue weighted by atomic mass is 79.9. The minimum absolute atomic E-state index is 0.105. The third-order valence-corrected chi connectivity index (χ3v) is 3.08. The van der Waals surface area contributed by atoms with Gasteiger partial charge in [0.25, 0.3) is 0 Å². The smallest absolute Gasteiger partial charge is 0.308 e. The monoisotopic (exact) mass is 309 g/mol. The first-order valence-electron chi connectivity index (χ1n) is 5.32. The van der Waals surface area contributed by atoms with Crippen molar-refractivity contribution in [1.29, 1.82) is 0 Å². The lowest BCUT2D eigenvalue weighted by Gasteiger charge is -2.05. The zero-order valence-electron chi connectivity index (χ0n) is 9.51. The van der Waals surface area contributed by atoms with Gasteiger partial charge in [-0.15, -0.1) is 0 Å². The van der Waals surface area contributed by atoms with Crippen molar-refractivity contribution < 1.29 is 9.90 Å². The van der Waals surface area contributed by atoms with Gasteiger partial charge in [-0.3, -0.25) is 4.79 Å². The first-order valence-corrected chi connectivity index (χ1v) is 6.12. The third kappa shape index (κ3) is 2.89. The number of carboxylic acid groups (broad SMARTS) is 1. The van der Waals surface area contributed by atoms with Crippen LogP contribution >= 0.6 is 15.9 Å². The van der Waals surface area contributed by atoms with Crippen molar-refractivity contribution in [2.45, 2.75) is 13.0 Å². The van der Waals surface area contributed by atoms with Gasteiger partial charge in [-0.2, -0.15) is 5.10 Å². The van der Waals surface area contributed by atoms with Crippen LogP contribution in [0, 0.1) is 0 Å². The normalized spacial score (nSPS) is 10.5. The summed E-state index contributed by atoms with van der Waals surface area (Å²) in [6, 6.07) is 7.80. The minimum atomic E-state index is -0.912. The average molecular weight is 310 g/mol. The number of carboxylic acids is 1. The largest absolute Gasteiger partial charge is 0.481 e. The summed E-state index contributed by atoms with van der Waals surface area (Å²) in [4.78, 5) is 10.6. The molecular weight excluding hydrogens is 298 g/mol. The summed E-state index contributed by atoms with van der Waals surface area (Å²) in [5, 5.41) is 12.8. The maximum atomic E-state index is 10.6. The molecule has 0 aliphatic carbocycles. The number of anilines is 1. The lowest BCUT2D eigenvalue weighted by Crippen LogP contribution is -2.08. The van der Waals surface area contributed by atoms with E-state index >= 15 is 0 Å². The zero-order chi connectivity index (χ0) is 13.1. The van der Waals surface area contributed by atoms with E-state index in [-0.39, 0.29) is 6.42 Å². The maximum absolute atomic E-state index is 10.6.